The van der Waals surface area contributed by atoms with Crippen LogP contribution in [0.1, 0.15) is 25.3 Å². The molecule has 1 N–H and O–H groups in total. The van der Waals surface area contributed by atoms with E-state index in [2.05, 4.69) is 28.2 Å². The number of unbranched alkanes of at least 4 members (excludes halogenated alkanes) is 1. The molecule has 3 heteroatoms. The average molecular weight is 260 g/mol. The Hall–Kier alpha value is -0.410. The molecule has 14 heavy (non-hydrogen) atoms. The largest absolute Gasteiger partial charge is 0.313 e. The van der Waals surface area contributed by atoms with E-state index in [-0.39, 0.29) is 5.82 Å². The molecule has 0 spiro atoms. The van der Waals surface area contributed by atoms with Gasteiger partial charge in [-0.15, -0.1) is 0 Å². The summed E-state index contributed by atoms with van der Waals surface area (Å²) >= 11 is 3.23. The van der Waals surface area contributed by atoms with Crippen LogP contribution in [0.5, 0.6) is 0 Å². The molecule has 0 aliphatic carbocycles. The van der Waals surface area contributed by atoms with E-state index in [0.717, 1.165) is 29.4 Å². The predicted molar refractivity (Wildman–Crippen MR) is 60.7 cm³/mol. The molecule has 1 aromatic carbocycles. The predicted octanol–water partition coefficient (Wildman–Crippen LogP) is 3.48. The summed E-state index contributed by atoms with van der Waals surface area (Å²) in [4.78, 5) is 0. The number of hydrogen-bond donors (Lipinski definition) is 1. The molecule has 1 rings (SSSR count). The number of nitrogens with one attached hydrogen (secondary N) is 1. The second kappa shape index (κ2) is 6.14. The van der Waals surface area contributed by atoms with Crippen LogP contribution in [0.4, 0.5) is 4.39 Å². The van der Waals surface area contributed by atoms with Crippen LogP contribution in [0.25, 0.3) is 0 Å². The topological polar surface area (TPSA) is 12.0 Å². The van der Waals surface area contributed by atoms with E-state index in [9.17, 15) is 4.39 Å². The summed E-state index contributed by atoms with van der Waals surface area (Å²) in [7, 11) is 0. The van der Waals surface area contributed by atoms with E-state index >= 15 is 0 Å². The molecule has 0 unspecified atom stereocenters. The standard InChI is InChI=1S/C11H15BrFN/c1-2-3-6-14-8-9-4-5-10(12)7-11(9)13/h4-5,7,14H,2-3,6,8H2,1H3. The second-order valence-electron chi connectivity index (χ2n) is 3.27. The third kappa shape index (κ3) is 3.76. The Bertz CT molecular complexity index is 289. The fraction of sp³-hybridized carbons (Fsp3) is 0.455. The quantitative estimate of drug-likeness (QED) is 0.799. The van der Waals surface area contributed by atoms with E-state index in [1.54, 1.807) is 6.07 Å². The Labute approximate surface area is 92.8 Å². The van der Waals surface area contributed by atoms with Crippen molar-refractivity contribution in [2.24, 2.45) is 0 Å². The maximum absolute atomic E-state index is 13.3. The zero-order valence-corrected chi connectivity index (χ0v) is 9.90. The molecule has 0 radical (unpaired) electrons. The van der Waals surface area contributed by atoms with Crippen molar-refractivity contribution in [3.05, 3.63) is 34.1 Å². The van der Waals surface area contributed by atoms with Crippen LogP contribution in [0.15, 0.2) is 22.7 Å². The van der Waals surface area contributed by atoms with E-state index in [0.29, 0.717) is 6.54 Å². The lowest BCUT2D eigenvalue weighted by atomic mass is 10.2. The molecule has 0 aliphatic rings. The van der Waals surface area contributed by atoms with Crippen LogP contribution in [0.3, 0.4) is 0 Å². The zero-order valence-electron chi connectivity index (χ0n) is 8.32. The Morgan fingerprint density at radius 3 is 2.86 bits per heavy atom. The lowest BCUT2D eigenvalue weighted by molar-refractivity contribution is 0.579. The number of halogens is 2. The van der Waals surface area contributed by atoms with Gasteiger partial charge in [0.15, 0.2) is 0 Å². The summed E-state index contributed by atoms with van der Waals surface area (Å²) in [6, 6.07) is 5.16. The SMILES string of the molecule is CCCCNCc1ccc(Br)cc1F. The van der Waals surface area contributed by atoms with Crippen LogP contribution >= 0.6 is 15.9 Å². The molecule has 0 saturated carbocycles. The van der Waals surface area contributed by atoms with Gasteiger partial charge in [0, 0.05) is 16.6 Å². The van der Waals surface area contributed by atoms with E-state index in [4.69, 9.17) is 0 Å². The molecule has 1 aromatic rings. The smallest absolute Gasteiger partial charge is 0.128 e. The summed E-state index contributed by atoms with van der Waals surface area (Å²) in [5.74, 6) is -0.150. The van der Waals surface area contributed by atoms with E-state index < -0.39 is 0 Å². The Balaban J connectivity index is 2.42. The number of benzene rings is 1. The van der Waals surface area contributed by atoms with E-state index in [1.165, 1.54) is 6.07 Å². The Kier molecular flexibility index (Phi) is 5.12. The van der Waals surface area contributed by atoms with Crippen LogP contribution in [-0.2, 0) is 6.54 Å². The summed E-state index contributed by atoms with van der Waals surface area (Å²) in [5.41, 5.74) is 0.726. The maximum atomic E-state index is 13.3. The normalized spacial score (nSPS) is 10.5. The average Bonchev–Trinajstić information content (AvgIpc) is 2.15. The first kappa shape index (κ1) is 11.7. The van der Waals surface area contributed by atoms with Crippen LogP contribution in [0, 0.1) is 5.82 Å². The van der Waals surface area contributed by atoms with Gasteiger partial charge in [0.2, 0.25) is 0 Å². The Morgan fingerprint density at radius 1 is 1.43 bits per heavy atom. The van der Waals surface area contributed by atoms with Crippen molar-refractivity contribution >= 4 is 15.9 Å². The molecule has 0 bridgehead atoms. The molecule has 0 heterocycles. The van der Waals surface area contributed by atoms with Gasteiger partial charge in [-0.3, -0.25) is 0 Å². The van der Waals surface area contributed by atoms with Crippen molar-refractivity contribution in [2.45, 2.75) is 26.3 Å². The van der Waals surface area contributed by atoms with Crippen LogP contribution < -0.4 is 5.32 Å². The highest BCUT2D eigenvalue weighted by molar-refractivity contribution is 9.10. The highest BCUT2D eigenvalue weighted by Crippen LogP contribution is 2.14. The van der Waals surface area contributed by atoms with Gasteiger partial charge in [0.05, 0.1) is 0 Å². The van der Waals surface area contributed by atoms with Gasteiger partial charge in [-0.2, -0.15) is 0 Å². The van der Waals surface area contributed by atoms with Gasteiger partial charge in [0.1, 0.15) is 5.82 Å². The first-order chi connectivity index (χ1) is 6.74. The molecule has 0 saturated heterocycles. The minimum atomic E-state index is -0.150. The lowest BCUT2D eigenvalue weighted by Crippen LogP contribution is -2.15. The van der Waals surface area contributed by atoms with Crippen molar-refractivity contribution < 1.29 is 4.39 Å². The molecule has 0 aliphatic heterocycles. The third-order valence-corrected chi connectivity index (χ3v) is 2.53. The second-order valence-corrected chi connectivity index (χ2v) is 4.18. The number of hydrogen-bond acceptors (Lipinski definition) is 1. The van der Waals surface area contributed by atoms with Crippen molar-refractivity contribution in [3.8, 4) is 0 Å². The minimum Gasteiger partial charge on any atom is -0.313 e. The molecular formula is C11H15BrFN. The lowest BCUT2D eigenvalue weighted by Gasteiger charge is -2.05. The highest BCUT2D eigenvalue weighted by Gasteiger charge is 2.01. The highest BCUT2D eigenvalue weighted by atomic mass is 79.9. The molecule has 0 amide bonds. The monoisotopic (exact) mass is 259 g/mol. The van der Waals surface area contributed by atoms with Crippen molar-refractivity contribution in [1.82, 2.24) is 5.32 Å². The summed E-state index contributed by atoms with van der Waals surface area (Å²) in [6.45, 7) is 3.70. The molecule has 0 fully saturated rings. The van der Waals surface area contributed by atoms with Gasteiger partial charge in [-0.25, -0.2) is 4.39 Å². The molecular weight excluding hydrogens is 245 g/mol. The molecule has 78 valence electrons. The first-order valence-corrected chi connectivity index (χ1v) is 5.68. The molecule has 0 aromatic heterocycles. The van der Waals surface area contributed by atoms with Crippen LogP contribution in [-0.4, -0.2) is 6.54 Å². The fourth-order valence-corrected chi connectivity index (χ4v) is 1.52. The fourth-order valence-electron chi connectivity index (χ4n) is 1.19. The summed E-state index contributed by atoms with van der Waals surface area (Å²) in [5, 5.41) is 3.21. The first-order valence-electron chi connectivity index (χ1n) is 4.88. The zero-order chi connectivity index (χ0) is 10.4. The van der Waals surface area contributed by atoms with Crippen molar-refractivity contribution in [1.29, 1.82) is 0 Å². The van der Waals surface area contributed by atoms with Gasteiger partial charge < -0.3 is 5.32 Å². The van der Waals surface area contributed by atoms with Gasteiger partial charge in [-0.05, 0) is 25.1 Å². The maximum Gasteiger partial charge on any atom is 0.128 e. The minimum absolute atomic E-state index is 0.150. The molecule has 0 atom stereocenters. The van der Waals surface area contributed by atoms with Crippen molar-refractivity contribution in [3.63, 3.8) is 0 Å². The Morgan fingerprint density at radius 2 is 2.21 bits per heavy atom. The third-order valence-electron chi connectivity index (χ3n) is 2.04. The summed E-state index contributed by atoms with van der Waals surface area (Å²) < 4.78 is 14.1. The van der Waals surface area contributed by atoms with Gasteiger partial charge >= 0.3 is 0 Å². The summed E-state index contributed by atoms with van der Waals surface area (Å²) in [6.07, 6.45) is 2.30. The van der Waals surface area contributed by atoms with Crippen LogP contribution in [0.2, 0.25) is 0 Å². The van der Waals surface area contributed by atoms with Gasteiger partial charge in [-0.1, -0.05) is 35.3 Å². The van der Waals surface area contributed by atoms with E-state index in [1.807, 2.05) is 6.07 Å². The van der Waals surface area contributed by atoms with Crippen molar-refractivity contribution in [2.75, 3.05) is 6.54 Å². The van der Waals surface area contributed by atoms with Gasteiger partial charge in [0.25, 0.3) is 0 Å². The number of rotatable bonds is 5. The molecule has 1 nitrogen and oxygen atoms in total.